The summed E-state index contributed by atoms with van der Waals surface area (Å²) in [5.74, 6) is 0.891. The van der Waals surface area contributed by atoms with Crippen molar-refractivity contribution in [2.24, 2.45) is 10.9 Å². The highest BCUT2D eigenvalue weighted by Gasteiger charge is 2.02. The minimum atomic E-state index is 0.341. The van der Waals surface area contributed by atoms with Gasteiger partial charge in [0.1, 0.15) is 5.75 Å². The molecule has 0 radical (unpaired) electrons. The first-order valence-electron chi connectivity index (χ1n) is 5.30. The van der Waals surface area contributed by atoms with Gasteiger partial charge in [-0.25, -0.2) is 0 Å². The lowest BCUT2D eigenvalue weighted by atomic mass is 10.1. The molecule has 1 aromatic carbocycles. The van der Waals surface area contributed by atoms with E-state index in [0.29, 0.717) is 11.7 Å². The van der Waals surface area contributed by atoms with Gasteiger partial charge in [-0.2, -0.15) is 0 Å². The number of aliphatic imine (C=N–C) groups is 1. The fraction of sp³-hybridized carbons (Fsp3) is 0.462. The molecule has 0 saturated carbocycles. The van der Waals surface area contributed by atoms with E-state index in [9.17, 15) is 5.11 Å². The van der Waals surface area contributed by atoms with Crippen LogP contribution in [0.2, 0.25) is 0 Å². The van der Waals surface area contributed by atoms with Gasteiger partial charge in [0, 0.05) is 18.3 Å². The van der Waals surface area contributed by atoms with Crippen LogP contribution in [0.25, 0.3) is 0 Å². The van der Waals surface area contributed by atoms with Gasteiger partial charge in [0.25, 0.3) is 0 Å². The van der Waals surface area contributed by atoms with E-state index in [0.717, 1.165) is 23.2 Å². The van der Waals surface area contributed by atoms with Crippen molar-refractivity contribution in [1.29, 1.82) is 0 Å². The predicted molar refractivity (Wildman–Crippen MR) is 64.9 cm³/mol. The molecule has 15 heavy (non-hydrogen) atoms. The average molecular weight is 205 g/mol. The summed E-state index contributed by atoms with van der Waals surface area (Å²) in [6, 6.07) is 3.92. The van der Waals surface area contributed by atoms with Gasteiger partial charge in [-0.3, -0.25) is 4.99 Å². The smallest absolute Gasteiger partial charge is 0.127 e. The number of rotatable bonds is 3. The molecule has 0 spiro atoms. The second-order valence-corrected chi connectivity index (χ2v) is 4.41. The zero-order valence-electron chi connectivity index (χ0n) is 9.91. The van der Waals surface area contributed by atoms with Crippen LogP contribution >= 0.6 is 0 Å². The molecule has 1 aromatic rings. The number of phenolic OH excluding ortho intramolecular Hbond substituents is 1. The highest BCUT2D eigenvalue weighted by Crippen LogP contribution is 2.22. The molecule has 0 aliphatic heterocycles. The van der Waals surface area contributed by atoms with E-state index >= 15 is 0 Å². The van der Waals surface area contributed by atoms with Gasteiger partial charge in [-0.1, -0.05) is 19.9 Å². The van der Waals surface area contributed by atoms with Crippen LogP contribution in [0.1, 0.15) is 30.5 Å². The van der Waals surface area contributed by atoms with Crippen LogP contribution in [0, 0.1) is 19.8 Å². The third-order valence-corrected chi connectivity index (χ3v) is 2.18. The SMILES string of the molecule is Cc1cc(C)c(O)c(C=NCC(C)C)c1. The van der Waals surface area contributed by atoms with Gasteiger partial charge in [0.05, 0.1) is 0 Å². The Balaban J connectivity index is 2.89. The summed E-state index contributed by atoms with van der Waals surface area (Å²) in [7, 11) is 0. The van der Waals surface area contributed by atoms with Crippen LogP contribution in [0.3, 0.4) is 0 Å². The van der Waals surface area contributed by atoms with Crippen LogP contribution in [0.5, 0.6) is 5.75 Å². The van der Waals surface area contributed by atoms with Crippen LogP contribution in [-0.4, -0.2) is 17.9 Å². The van der Waals surface area contributed by atoms with Crippen molar-refractivity contribution in [3.8, 4) is 5.75 Å². The van der Waals surface area contributed by atoms with Crippen molar-refractivity contribution in [3.63, 3.8) is 0 Å². The monoisotopic (exact) mass is 205 g/mol. The molecule has 1 rings (SSSR count). The molecule has 0 atom stereocenters. The number of benzene rings is 1. The molecule has 0 aromatic heterocycles. The second kappa shape index (κ2) is 4.96. The molecule has 0 amide bonds. The molecule has 82 valence electrons. The van der Waals surface area contributed by atoms with Crippen LogP contribution in [0.4, 0.5) is 0 Å². The van der Waals surface area contributed by atoms with E-state index < -0.39 is 0 Å². The number of phenols is 1. The van der Waals surface area contributed by atoms with Crippen molar-refractivity contribution in [2.45, 2.75) is 27.7 Å². The van der Waals surface area contributed by atoms with Crippen LogP contribution < -0.4 is 0 Å². The lowest BCUT2D eigenvalue weighted by molar-refractivity contribution is 0.470. The van der Waals surface area contributed by atoms with E-state index in [4.69, 9.17) is 0 Å². The third kappa shape index (κ3) is 3.39. The molecule has 0 saturated heterocycles. The zero-order valence-corrected chi connectivity index (χ0v) is 9.91. The number of hydrogen-bond donors (Lipinski definition) is 1. The topological polar surface area (TPSA) is 32.6 Å². The first-order chi connectivity index (χ1) is 7.00. The summed E-state index contributed by atoms with van der Waals surface area (Å²) in [6.07, 6.45) is 1.76. The van der Waals surface area contributed by atoms with E-state index in [1.54, 1.807) is 6.21 Å². The maximum Gasteiger partial charge on any atom is 0.127 e. The maximum absolute atomic E-state index is 9.80. The summed E-state index contributed by atoms with van der Waals surface area (Å²) in [5.41, 5.74) is 2.87. The van der Waals surface area contributed by atoms with E-state index in [-0.39, 0.29) is 0 Å². The fourth-order valence-electron chi connectivity index (χ4n) is 1.45. The van der Waals surface area contributed by atoms with E-state index in [2.05, 4.69) is 18.8 Å². The molecule has 0 bridgehead atoms. The van der Waals surface area contributed by atoms with Gasteiger partial charge < -0.3 is 5.11 Å². The third-order valence-electron chi connectivity index (χ3n) is 2.18. The van der Waals surface area contributed by atoms with E-state index in [1.165, 1.54) is 0 Å². The zero-order chi connectivity index (χ0) is 11.4. The maximum atomic E-state index is 9.80. The van der Waals surface area contributed by atoms with Gasteiger partial charge in [-0.05, 0) is 37.0 Å². The number of nitrogens with zero attached hydrogens (tertiary/aromatic N) is 1. The Morgan fingerprint density at radius 3 is 2.60 bits per heavy atom. The average Bonchev–Trinajstić information content (AvgIpc) is 2.12. The number of aryl methyl sites for hydroxylation is 2. The molecule has 0 unspecified atom stereocenters. The molecule has 2 nitrogen and oxygen atoms in total. The minimum Gasteiger partial charge on any atom is -0.507 e. The van der Waals surface area contributed by atoms with Crippen molar-refractivity contribution >= 4 is 6.21 Å². The van der Waals surface area contributed by atoms with Gasteiger partial charge in [0.2, 0.25) is 0 Å². The molecule has 0 heterocycles. The fourth-order valence-corrected chi connectivity index (χ4v) is 1.45. The Morgan fingerprint density at radius 1 is 1.33 bits per heavy atom. The highest BCUT2D eigenvalue weighted by molar-refractivity contribution is 5.84. The first kappa shape index (κ1) is 11.8. The Labute approximate surface area is 91.7 Å². The first-order valence-corrected chi connectivity index (χ1v) is 5.30. The molecule has 1 N–H and O–H groups in total. The summed E-state index contributed by atoms with van der Waals surface area (Å²) >= 11 is 0. The molecule has 0 aliphatic carbocycles. The largest absolute Gasteiger partial charge is 0.507 e. The van der Waals surface area contributed by atoms with Crippen molar-refractivity contribution < 1.29 is 5.11 Å². The Kier molecular flexibility index (Phi) is 3.89. The van der Waals surface area contributed by atoms with Crippen molar-refractivity contribution in [2.75, 3.05) is 6.54 Å². The lowest BCUT2D eigenvalue weighted by Crippen LogP contribution is -1.94. The standard InChI is InChI=1S/C13H19NO/c1-9(2)7-14-8-12-6-10(3)5-11(4)13(12)15/h5-6,8-9,15H,7H2,1-4H3. The van der Waals surface area contributed by atoms with Crippen molar-refractivity contribution in [1.82, 2.24) is 0 Å². The summed E-state index contributed by atoms with van der Waals surface area (Å²) in [6.45, 7) is 8.97. The normalized spacial score (nSPS) is 11.5. The Bertz CT molecular complexity index is 367. The Hall–Kier alpha value is -1.31. The number of hydrogen-bond acceptors (Lipinski definition) is 2. The highest BCUT2D eigenvalue weighted by atomic mass is 16.3. The second-order valence-electron chi connectivity index (χ2n) is 4.41. The van der Waals surface area contributed by atoms with Crippen LogP contribution in [-0.2, 0) is 0 Å². The summed E-state index contributed by atoms with van der Waals surface area (Å²) in [5, 5.41) is 9.80. The van der Waals surface area contributed by atoms with Gasteiger partial charge >= 0.3 is 0 Å². The quantitative estimate of drug-likeness (QED) is 0.756. The molecular formula is C13H19NO. The minimum absolute atomic E-state index is 0.341. The lowest BCUT2D eigenvalue weighted by Gasteiger charge is -2.05. The summed E-state index contributed by atoms with van der Waals surface area (Å²) < 4.78 is 0. The molecular weight excluding hydrogens is 186 g/mol. The van der Waals surface area contributed by atoms with E-state index in [1.807, 2.05) is 26.0 Å². The molecule has 2 heteroatoms. The summed E-state index contributed by atoms with van der Waals surface area (Å²) in [4.78, 5) is 4.30. The molecule has 0 aliphatic rings. The van der Waals surface area contributed by atoms with Crippen molar-refractivity contribution in [3.05, 3.63) is 28.8 Å². The number of aromatic hydroxyl groups is 1. The Morgan fingerprint density at radius 2 is 2.00 bits per heavy atom. The molecule has 0 fully saturated rings. The van der Waals surface area contributed by atoms with Gasteiger partial charge in [-0.15, -0.1) is 0 Å². The predicted octanol–water partition coefficient (Wildman–Crippen LogP) is 3.08. The van der Waals surface area contributed by atoms with Crippen LogP contribution in [0.15, 0.2) is 17.1 Å². The van der Waals surface area contributed by atoms with Gasteiger partial charge in [0.15, 0.2) is 0 Å².